The molecule has 4 nitrogen and oxygen atoms in total. The van der Waals surface area contributed by atoms with Gasteiger partial charge in [-0.1, -0.05) is 26.2 Å². The van der Waals surface area contributed by atoms with E-state index in [0.29, 0.717) is 6.42 Å². The number of benzene rings is 1. The standard InChI is InChI=1S/C18H27F2NO3/c1-5-6-7-8-15(21-17(22)24-18(2,3)4)12-23-16-10-13(19)9-14(20)11-16/h9-11,15H,5-8,12H2,1-4H3,(H,21,22). The minimum Gasteiger partial charge on any atom is -0.491 e. The molecule has 0 spiro atoms. The Bertz CT molecular complexity index is 509. The monoisotopic (exact) mass is 343 g/mol. The maximum Gasteiger partial charge on any atom is 0.407 e. The summed E-state index contributed by atoms with van der Waals surface area (Å²) in [4.78, 5) is 11.9. The zero-order chi connectivity index (χ0) is 18.2. The molecule has 0 heterocycles. The van der Waals surface area contributed by atoms with E-state index in [1.807, 2.05) is 0 Å². The van der Waals surface area contributed by atoms with Crippen molar-refractivity contribution in [2.24, 2.45) is 0 Å². The van der Waals surface area contributed by atoms with Crippen LogP contribution < -0.4 is 10.1 Å². The summed E-state index contributed by atoms with van der Waals surface area (Å²) in [5.41, 5.74) is -0.593. The van der Waals surface area contributed by atoms with Crippen LogP contribution in [0.4, 0.5) is 13.6 Å². The van der Waals surface area contributed by atoms with Gasteiger partial charge in [-0.2, -0.15) is 0 Å². The molecule has 136 valence electrons. The lowest BCUT2D eigenvalue weighted by Gasteiger charge is -2.24. The third-order valence-electron chi connectivity index (χ3n) is 3.16. The summed E-state index contributed by atoms with van der Waals surface area (Å²) in [5, 5.41) is 2.76. The maximum absolute atomic E-state index is 13.2. The number of carbonyl (C=O) groups is 1. The molecule has 0 bridgehead atoms. The summed E-state index contributed by atoms with van der Waals surface area (Å²) in [7, 11) is 0. The van der Waals surface area contributed by atoms with Crippen LogP contribution in [-0.2, 0) is 4.74 Å². The Balaban J connectivity index is 2.62. The second kappa shape index (κ2) is 9.45. The summed E-state index contributed by atoms with van der Waals surface area (Å²) >= 11 is 0. The molecule has 1 rings (SSSR count). The summed E-state index contributed by atoms with van der Waals surface area (Å²) in [5.74, 6) is -1.31. The third kappa shape index (κ3) is 8.70. The highest BCUT2D eigenvalue weighted by atomic mass is 19.1. The van der Waals surface area contributed by atoms with Crippen LogP contribution in [0.3, 0.4) is 0 Å². The zero-order valence-corrected chi connectivity index (χ0v) is 14.8. The van der Waals surface area contributed by atoms with E-state index in [4.69, 9.17) is 9.47 Å². The van der Waals surface area contributed by atoms with Crippen molar-refractivity contribution in [2.75, 3.05) is 6.61 Å². The Morgan fingerprint density at radius 1 is 1.17 bits per heavy atom. The molecule has 0 saturated heterocycles. The van der Waals surface area contributed by atoms with Gasteiger partial charge in [-0.25, -0.2) is 13.6 Å². The molecule has 24 heavy (non-hydrogen) atoms. The molecule has 0 aliphatic rings. The second-order valence-corrected chi connectivity index (χ2v) is 6.76. The van der Waals surface area contributed by atoms with E-state index >= 15 is 0 Å². The van der Waals surface area contributed by atoms with E-state index in [2.05, 4.69) is 12.2 Å². The van der Waals surface area contributed by atoms with Gasteiger partial charge in [0.2, 0.25) is 0 Å². The van der Waals surface area contributed by atoms with Gasteiger partial charge in [0.15, 0.2) is 0 Å². The molecule has 1 aromatic carbocycles. The Kier molecular flexibility index (Phi) is 7.95. The fraction of sp³-hybridized carbons (Fsp3) is 0.611. The number of hydrogen-bond donors (Lipinski definition) is 1. The van der Waals surface area contributed by atoms with Crippen LogP contribution in [0.5, 0.6) is 5.75 Å². The van der Waals surface area contributed by atoms with Gasteiger partial charge >= 0.3 is 6.09 Å². The molecule has 0 fully saturated rings. The highest BCUT2D eigenvalue weighted by Gasteiger charge is 2.20. The van der Waals surface area contributed by atoms with E-state index in [1.54, 1.807) is 20.8 Å². The number of rotatable bonds is 8. The van der Waals surface area contributed by atoms with Crippen LogP contribution in [0, 0.1) is 11.6 Å². The summed E-state index contributed by atoms with van der Waals surface area (Å²) < 4.78 is 37.1. The van der Waals surface area contributed by atoms with E-state index in [0.717, 1.165) is 37.5 Å². The molecule has 1 amide bonds. The van der Waals surface area contributed by atoms with Crippen molar-refractivity contribution in [1.29, 1.82) is 0 Å². The van der Waals surface area contributed by atoms with Crippen molar-refractivity contribution < 1.29 is 23.0 Å². The van der Waals surface area contributed by atoms with Crippen molar-refractivity contribution in [3.63, 3.8) is 0 Å². The minimum absolute atomic E-state index is 0.0963. The molecule has 0 aromatic heterocycles. The lowest BCUT2D eigenvalue weighted by atomic mass is 10.1. The van der Waals surface area contributed by atoms with E-state index in [-0.39, 0.29) is 18.4 Å². The third-order valence-corrected chi connectivity index (χ3v) is 3.16. The Hall–Kier alpha value is -1.85. The number of unbranched alkanes of at least 4 members (excludes halogenated alkanes) is 2. The SMILES string of the molecule is CCCCCC(COc1cc(F)cc(F)c1)NC(=O)OC(C)(C)C. The van der Waals surface area contributed by atoms with Crippen molar-refractivity contribution in [3.05, 3.63) is 29.8 Å². The fourth-order valence-electron chi connectivity index (χ4n) is 2.12. The first-order valence-electron chi connectivity index (χ1n) is 8.28. The maximum atomic E-state index is 13.2. The molecule has 6 heteroatoms. The van der Waals surface area contributed by atoms with Gasteiger partial charge in [-0.05, 0) is 27.2 Å². The van der Waals surface area contributed by atoms with Crippen molar-refractivity contribution in [3.8, 4) is 5.75 Å². The number of carbonyl (C=O) groups excluding carboxylic acids is 1. The van der Waals surface area contributed by atoms with Crippen LogP contribution in [0.15, 0.2) is 18.2 Å². The largest absolute Gasteiger partial charge is 0.491 e. The molecule has 1 unspecified atom stereocenters. The van der Waals surface area contributed by atoms with Crippen molar-refractivity contribution in [1.82, 2.24) is 5.32 Å². The number of ether oxygens (including phenoxy) is 2. The minimum atomic E-state index is -0.701. The highest BCUT2D eigenvalue weighted by Crippen LogP contribution is 2.16. The Morgan fingerprint density at radius 2 is 1.79 bits per heavy atom. The summed E-state index contributed by atoms with van der Waals surface area (Å²) in [6, 6.07) is 2.71. The number of hydrogen-bond acceptors (Lipinski definition) is 3. The fourth-order valence-corrected chi connectivity index (χ4v) is 2.12. The molecule has 1 aromatic rings. The average molecular weight is 343 g/mol. The second-order valence-electron chi connectivity index (χ2n) is 6.76. The van der Waals surface area contributed by atoms with E-state index in [1.165, 1.54) is 0 Å². The predicted molar refractivity (Wildman–Crippen MR) is 89.2 cm³/mol. The summed E-state index contributed by atoms with van der Waals surface area (Å²) in [6.45, 7) is 7.55. The first kappa shape index (κ1) is 20.2. The molecular weight excluding hydrogens is 316 g/mol. The molecule has 1 atom stereocenters. The normalized spacial score (nSPS) is 12.6. The van der Waals surface area contributed by atoms with Crippen LogP contribution in [-0.4, -0.2) is 24.3 Å². The van der Waals surface area contributed by atoms with Crippen LogP contribution in [0.25, 0.3) is 0 Å². The number of alkyl carbamates (subject to hydrolysis) is 1. The molecular formula is C18H27F2NO3. The lowest BCUT2D eigenvalue weighted by molar-refractivity contribution is 0.0483. The smallest absolute Gasteiger partial charge is 0.407 e. The van der Waals surface area contributed by atoms with Gasteiger partial charge in [0.1, 0.15) is 29.6 Å². The van der Waals surface area contributed by atoms with Crippen LogP contribution in [0.1, 0.15) is 53.4 Å². The topological polar surface area (TPSA) is 47.6 Å². The first-order valence-corrected chi connectivity index (χ1v) is 8.28. The van der Waals surface area contributed by atoms with Crippen molar-refractivity contribution in [2.45, 2.75) is 65.0 Å². The first-order chi connectivity index (χ1) is 11.2. The Morgan fingerprint density at radius 3 is 2.33 bits per heavy atom. The van der Waals surface area contributed by atoms with Crippen LogP contribution in [0.2, 0.25) is 0 Å². The number of amides is 1. The van der Waals surface area contributed by atoms with E-state index in [9.17, 15) is 13.6 Å². The summed E-state index contributed by atoms with van der Waals surface area (Å²) in [6.07, 6.45) is 3.16. The molecule has 0 aliphatic heterocycles. The van der Waals surface area contributed by atoms with Crippen molar-refractivity contribution >= 4 is 6.09 Å². The van der Waals surface area contributed by atoms with Gasteiger partial charge < -0.3 is 14.8 Å². The Labute approximate surface area is 142 Å². The van der Waals surface area contributed by atoms with Gasteiger partial charge in [0.25, 0.3) is 0 Å². The molecule has 1 N–H and O–H groups in total. The van der Waals surface area contributed by atoms with Gasteiger partial charge in [-0.3, -0.25) is 0 Å². The van der Waals surface area contributed by atoms with Crippen LogP contribution >= 0.6 is 0 Å². The highest BCUT2D eigenvalue weighted by molar-refractivity contribution is 5.68. The van der Waals surface area contributed by atoms with Gasteiger partial charge in [0, 0.05) is 18.2 Å². The average Bonchev–Trinajstić information content (AvgIpc) is 2.41. The quantitative estimate of drug-likeness (QED) is 0.689. The zero-order valence-electron chi connectivity index (χ0n) is 14.8. The number of halogens is 2. The molecule has 0 radical (unpaired) electrons. The number of nitrogens with one attached hydrogen (secondary N) is 1. The van der Waals surface area contributed by atoms with E-state index < -0.39 is 23.3 Å². The predicted octanol–water partition coefficient (Wildman–Crippen LogP) is 4.82. The molecule has 0 aliphatic carbocycles. The van der Waals surface area contributed by atoms with Gasteiger partial charge in [-0.15, -0.1) is 0 Å². The lowest BCUT2D eigenvalue weighted by Crippen LogP contribution is -2.42. The molecule has 0 saturated carbocycles. The van der Waals surface area contributed by atoms with Gasteiger partial charge in [0.05, 0.1) is 6.04 Å².